The molecule has 0 aliphatic carbocycles. The highest BCUT2D eigenvalue weighted by atomic mass is 32.2. The van der Waals surface area contributed by atoms with Crippen molar-refractivity contribution in [3.63, 3.8) is 0 Å². The molecular weight excluding hydrogens is 402 g/mol. The topological polar surface area (TPSA) is 55.2 Å². The van der Waals surface area contributed by atoms with Gasteiger partial charge in [-0.2, -0.15) is 0 Å². The van der Waals surface area contributed by atoms with Crippen LogP contribution in [0.25, 0.3) is 20.7 Å². The Morgan fingerprint density at radius 3 is 2.69 bits per heavy atom. The van der Waals surface area contributed by atoms with Crippen LogP contribution in [0, 0.1) is 0 Å². The van der Waals surface area contributed by atoms with Gasteiger partial charge in [-0.05, 0) is 30.9 Å². The van der Waals surface area contributed by atoms with Crippen molar-refractivity contribution in [2.75, 3.05) is 18.8 Å². The fourth-order valence-corrected chi connectivity index (χ4v) is 5.46. The molecule has 5 nitrogen and oxygen atoms in total. The van der Waals surface area contributed by atoms with Crippen molar-refractivity contribution in [1.29, 1.82) is 0 Å². The average Bonchev–Trinajstić information content (AvgIpc) is 3.20. The molecule has 1 fully saturated rings. The quantitative estimate of drug-likeness (QED) is 0.333. The number of allylic oxidation sites excluding steroid dienone is 1. The Balaban J connectivity index is 1.65. The number of hydrogen-bond acceptors (Lipinski definition) is 5. The van der Waals surface area contributed by atoms with E-state index in [-0.39, 0.29) is 11.5 Å². The maximum absolute atomic E-state index is 13.1. The molecule has 1 aromatic carbocycles. The zero-order valence-corrected chi connectivity index (χ0v) is 17.8. The Labute approximate surface area is 178 Å². The first-order valence-electron chi connectivity index (χ1n) is 9.78. The average molecular weight is 426 g/mol. The summed E-state index contributed by atoms with van der Waals surface area (Å²) in [6.45, 7) is 5.81. The predicted molar refractivity (Wildman–Crippen MR) is 121 cm³/mol. The number of carbonyl (C=O) groups excluding carboxylic acids is 1. The number of rotatable bonds is 6. The Morgan fingerprint density at radius 1 is 1.21 bits per heavy atom. The van der Waals surface area contributed by atoms with Crippen LogP contribution in [0.3, 0.4) is 0 Å². The van der Waals surface area contributed by atoms with Crippen LogP contribution in [0.2, 0.25) is 0 Å². The number of fused-ring (bicyclic) bond motifs is 1. The van der Waals surface area contributed by atoms with Gasteiger partial charge in [-0.1, -0.05) is 48.2 Å². The molecule has 29 heavy (non-hydrogen) atoms. The minimum atomic E-state index is -0.0741. The van der Waals surface area contributed by atoms with Gasteiger partial charge in [0.2, 0.25) is 5.91 Å². The van der Waals surface area contributed by atoms with Gasteiger partial charge in [0.1, 0.15) is 4.70 Å². The number of piperidine rings is 1. The number of nitrogens with zero attached hydrogens (tertiary/aromatic N) is 3. The molecule has 3 aromatic rings. The third kappa shape index (κ3) is 4.31. The number of thiophene rings is 1. The summed E-state index contributed by atoms with van der Waals surface area (Å²) in [5.74, 6) is 0.412. The maximum Gasteiger partial charge on any atom is 0.272 e. The van der Waals surface area contributed by atoms with Crippen molar-refractivity contribution in [3.05, 3.63) is 59.4 Å². The lowest BCUT2D eigenvalue weighted by Crippen LogP contribution is -2.36. The first kappa shape index (κ1) is 19.9. The number of amides is 1. The van der Waals surface area contributed by atoms with Crippen molar-refractivity contribution in [2.24, 2.45) is 0 Å². The van der Waals surface area contributed by atoms with E-state index in [0.717, 1.165) is 36.4 Å². The molecular formula is C22H23N3O2S2. The number of aromatic nitrogens is 2. The highest BCUT2D eigenvalue weighted by Gasteiger charge is 2.19. The molecule has 0 saturated carbocycles. The predicted octanol–water partition coefficient (Wildman–Crippen LogP) is 4.42. The summed E-state index contributed by atoms with van der Waals surface area (Å²) in [5, 5.41) is 0.574. The van der Waals surface area contributed by atoms with Gasteiger partial charge in [-0.3, -0.25) is 14.2 Å². The molecule has 7 heteroatoms. The van der Waals surface area contributed by atoms with Crippen LogP contribution in [-0.2, 0) is 11.3 Å². The standard InChI is InChI=1S/C22H23N3O2S2/c1-2-11-25-21(27)20-17(14-18(29-20)16-9-5-3-6-10-16)23-22(25)28-15-19(26)24-12-7-4-8-13-24/h2-3,5-6,9-10,14H,1,4,7-8,11-13,15H2. The molecule has 0 N–H and O–H groups in total. The molecule has 1 amide bonds. The Morgan fingerprint density at radius 2 is 1.97 bits per heavy atom. The van der Waals surface area contributed by atoms with Gasteiger partial charge in [0.05, 0.1) is 11.3 Å². The smallest absolute Gasteiger partial charge is 0.272 e. The Hall–Kier alpha value is -2.38. The maximum atomic E-state index is 13.1. The third-order valence-corrected chi connectivity index (χ3v) is 7.12. The Kier molecular flexibility index (Phi) is 6.16. The van der Waals surface area contributed by atoms with E-state index in [1.807, 2.05) is 41.3 Å². The molecule has 3 heterocycles. The van der Waals surface area contributed by atoms with Crippen LogP contribution in [0.1, 0.15) is 19.3 Å². The monoisotopic (exact) mass is 425 g/mol. The van der Waals surface area contributed by atoms with E-state index in [1.54, 1.807) is 10.6 Å². The number of hydrogen-bond donors (Lipinski definition) is 0. The van der Waals surface area contributed by atoms with Crippen LogP contribution >= 0.6 is 23.1 Å². The molecule has 0 spiro atoms. The first-order valence-corrected chi connectivity index (χ1v) is 11.6. The van der Waals surface area contributed by atoms with Gasteiger partial charge in [-0.25, -0.2) is 4.98 Å². The van der Waals surface area contributed by atoms with E-state index >= 15 is 0 Å². The van der Waals surface area contributed by atoms with E-state index in [4.69, 9.17) is 4.98 Å². The van der Waals surface area contributed by atoms with Crippen molar-refractivity contribution < 1.29 is 4.79 Å². The number of likely N-dealkylation sites (tertiary alicyclic amines) is 1. The van der Waals surface area contributed by atoms with E-state index in [0.29, 0.717) is 27.7 Å². The van der Waals surface area contributed by atoms with E-state index in [1.165, 1.54) is 29.5 Å². The van der Waals surface area contributed by atoms with Gasteiger partial charge in [0.25, 0.3) is 5.56 Å². The fraction of sp³-hybridized carbons (Fsp3) is 0.318. The normalized spacial score (nSPS) is 14.3. The van der Waals surface area contributed by atoms with Crippen LogP contribution in [-0.4, -0.2) is 39.2 Å². The molecule has 0 atom stereocenters. The molecule has 4 rings (SSSR count). The molecule has 1 aliphatic heterocycles. The van der Waals surface area contributed by atoms with Gasteiger partial charge < -0.3 is 4.90 Å². The van der Waals surface area contributed by atoms with Crippen molar-refractivity contribution in [2.45, 2.75) is 31.0 Å². The minimum absolute atomic E-state index is 0.0741. The third-order valence-electron chi connectivity index (χ3n) is 5.00. The van der Waals surface area contributed by atoms with Crippen LogP contribution in [0.15, 0.2) is 59.0 Å². The Bertz CT molecular complexity index is 1080. The summed E-state index contributed by atoms with van der Waals surface area (Å²) in [6, 6.07) is 12.0. The first-order chi connectivity index (χ1) is 14.2. The van der Waals surface area contributed by atoms with Gasteiger partial charge in [0, 0.05) is 24.5 Å². The summed E-state index contributed by atoms with van der Waals surface area (Å²) in [6.07, 6.45) is 5.02. The molecule has 0 unspecified atom stereocenters. The summed E-state index contributed by atoms with van der Waals surface area (Å²) >= 11 is 2.80. The molecule has 1 aliphatic rings. The van der Waals surface area contributed by atoms with Crippen molar-refractivity contribution in [1.82, 2.24) is 14.5 Å². The number of benzene rings is 1. The molecule has 0 radical (unpaired) electrons. The summed E-state index contributed by atoms with van der Waals surface area (Å²) in [7, 11) is 0. The van der Waals surface area contributed by atoms with Gasteiger partial charge in [-0.15, -0.1) is 17.9 Å². The highest BCUT2D eigenvalue weighted by molar-refractivity contribution is 7.99. The summed E-state index contributed by atoms with van der Waals surface area (Å²) in [4.78, 5) is 33.3. The van der Waals surface area contributed by atoms with Gasteiger partial charge >= 0.3 is 0 Å². The molecule has 2 aromatic heterocycles. The molecule has 0 bridgehead atoms. The zero-order valence-electron chi connectivity index (χ0n) is 16.2. The molecule has 150 valence electrons. The van der Waals surface area contributed by atoms with Crippen LogP contribution in [0.5, 0.6) is 0 Å². The van der Waals surface area contributed by atoms with E-state index < -0.39 is 0 Å². The highest BCUT2D eigenvalue weighted by Crippen LogP contribution is 2.32. The second-order valence-electron chi connectivity index (χ2n) is 7.02. The lowest BCUT2D eigenvalue weighted by Gasteiger charge is -2.26. The van der Waals surface area contributed by atoms with Crippen LogP contribution in [0.4, 0.5) is 0 Å². The number of thioether (sulfide) groups is 1. The van der Waals surface area contributed by atoms with Gasteiger partial charge in [0.15, 0.2) is 5.16 Å². The largest absolute Gasteiger partial charge is 0.342 e. The van der Waals surface area contributed by atoms with E-state index in [2.05, 4.69) is 6.58 Å². The fourth-order valence-electron chi connectivity index (χ4n) is 3.50. The van der Waals surface area contributed by atoms with Crippen molar-refractivity contribution >= 4 is 39.2 Å². The second kappa shape index (κ2) is 8.97. The van der Waals surface area contributed by atoms with E-state index in [9.17, 15) is 9.59 Å². The second-order valence-corrected chi connectivity index (χ2v) is 9.01. The lowest BCUT2D eigenvalue weighted by atomic mass is 10.1. The summed E-state index contributed by atoms with van der Waals surface area (Å²) < 4.78 is 2.26. The SMILES string of the molecule is C=CCn1c(SCC(=O)N2CCCCC2)nc2cc(-c3ccccc3)sc2c1=O. The zero-order chi connectivity index (χ0) is 20.2. The number of carbonyl (C=O) groups is 1. The summed E-state index contributed by atoms with van der Waals surface area (Å²) in [5.41, 5.74) is 1.68. The molecule has 1 saturated heterocycles. The minimum Gasteiger partial charge on any atom is -0.342 e. The van der Waals surface area contributed by atoms with Crippen LogP contribution < -0.4 is 5.56 Å². The lowest BCUT2D eigenvalue weighted by molar-refractivity contribution is -0.129. The van der Waals surface area contributed by atoms with Crippen molar-refractivity contribution in [3.8, 4) is 10.4 Å².